The number of ether oxygens (including phenoxy) is 1. The predicted molar refractivity (Wildman–Crippen MR) is 78.6 cm³/mol. The molecule has 3 rings (SSSR count). The number of rotatable bonds is 3. The van der Waals surface area contributed by atoms with Gasteiger partial charge in [-0.25, -0.2) is 4.98 Å². The van der Waals surface area contributed by atoms with Crippen molar-refractivity contribution in [2.24, 2.45) is 0 Å². The standard InChI is InChI=1S/C16H14N2O2/c17-13-6-7-14-11(9-13)5-8-16(18-14)20-15-4-2-1-3-12(15)10-19/h1-9,19H,10,17H2. The topological polar surface area (TPSA) is 68.4 Å². The largest absolute Gasteiger partial charge is 0.439 e. The molecule has 0 atom stereocenters. The molecule has 0 saturated heterocycles. The Morgan fingerprint density at radius 2 is 1.90 bits per heavy atom. The number of anilines is 1. The summed E-state index contributed by atoms with van der Waals surface area (Å²) in [5.41, 5.74) is 7.99. The molecule has 3 aromatic rings. The molecule has 0 unspecified atom stereocenters. The van der Waals surface area contributed by atoms with Crippen molar-refractivity contribution in [1.82, 2.24) is 4.98 Å². The Hall–Kier alpha value is -2.59. The van der Waals surface area contributed by atoms with Gasteiger partial charge in [0.25, 0.3) is 0 Å². The van der Waals surface area contributed by atoms with Gasteiger partial charge in [0.15, 0.2) is 0 Å². The summed E-state index contributed by atoms with van der Waals surface area (Å²) in [5.74, 6) is 1.10. The number of hydrogen-bond acceptors (Lipinski definition) is 4. The van der Waals surface area contributed by atoms with Gasteiger partial charge < -0.3 is 15.6 Å². The Balaban J connectivity index is 1.96. The van der Waals surface area contributed by atoms with E-state index in [1.54, 1.807) is 18.2 Å². The van der Waals surface area contributed by atoms with Crippen molar-refractivity contribution in [3.05, 3.63) is 60.2 Å². The zero-order valence-corrected chi connectivity index (χ0v) is 10.8. The average molecular weight is 266 g/mol. The van der Waals surface area contributed by atoms with Gasteiger partial charge in [-0.15, -0.1) is 0 Å². The molecule has 0 aliphatic rings. The van der Waals surface area contributed by atoms with Crippen molar-refractivity contribution in [3.63, 3.8) is 0 Å². The van der Waals surface area contributed by atoms with Gasteiger partial charge in [0.2, 0.25) is 5.88 Å². The number of benzene rings is 2. The van der Waals surface area contributed by atoms with E-state index in [-0.39, 0.29) is 6.61 Å². The lowest BCUT2D eigenvalue weighted by atomic mass is 10.2. The molecule has 1 aromatic heterocycles. The molecule has 0 aliphatic carbocycles. The van der Waals surface area contributed by atoms with Crippen molar-refractivity contribution in [1.29, 1.82) is 0 Å². The van der Waals surface area contributed by atoms with Gasteiger partial charge in [-0.05, 0) is 30.3 Å². The van der Waals surface area contributed by atoms with E-state index in [4.69, 9.17) is 10.5 Å². The van der Waals surface area contributed by atoms with Gasteiger partial charge in [0.05, 0.1) is 12.1 Å². The van der Waals surface area contributed by atoms with E-state index in [1.165, 1.54) is 0 Å². The summed E-state index contributed by atoms with van der Waals surface area (Å²) in [6.45, 7) is -0.0692. The molecule has 0 saturated carbocycles. The van der Waals surface area contributed by atoms with Crippen LogP contribution >= 0.6 is 0 Å². The Kier molecular flexibility index (Phi) is 3.23. The number of fused-ring (bicyclic) bond motifs is 1. The minimum atomic E-state index is -0.0692. The zero-order valence-electron chi connectivity index (χ0n) is 10.8. The Bertz CT molecular complexity index is 756. The van der Waals surface area contributed by atoms with Gasteiger partial charge in [0, 0.05) is 22.7 Å². The lowest BCUT2D eigenvalue weighted by Crippen LogP contribution is -1.93. The number of nitrogens with zero attached hydrogens (tertiary/aromatic N) is 1. The van der Waals surface area contributed by atoms with Crippen LogP contribution in [0.15, 0.2) is 54.6 Å². The van der Waals surface area contributed by atoms with E-state index in [1.807, 2.05) is 36.4 Å². The fourth-order valence-electron chi connectivity index (χ4n) is 2.03. The first-order valence-electron chi connectivity index (χ1n) is 6.29. The number of hydrogen-bond donors (Lipinski definition) is 2. The maximum atomic E-state index is 9.28. The SMILES string of the molecule is Nc1ccc2nc(Oc3ccccc3CO)ccc2c1. The van der Waals surface area contributed by atoms with Crippen LogP contribution in [0.25, 0.3) is 10.9 Å². The van der Waals surface area contributed by atoms with Crippen molar-refractivity contribution in [2.75, 3.05) is 5.73 Å². The van der Waals surface area contributed by atoms with Gasteiger partial charge in [-0.3, -0.25) is 0 Å². The molecular formula is C16H14N2O2. The van der Waals surface area contributed by atoms with Crippen LogP contribution in [0.4, 0.5) is 5.69 Å². The Morgan fingerprint density at radius 3 is 2.75 bits per heavy atom. The van der Waals surface area contributed by atoms with Crippen LogP contribution in [0, 0.1) is 0 Å². The molecule has 4 heteroatoms. The van der Waals surface area contributed by atoms with Crippen LogP contribution in [0.3, 0.4) is 0 Å². The third kappa shape index (κ3) is 2.41. The van der Waals surface area contributed by atoms with Crippen molar-refractivity contribution in [2.45, 2.75) is 6.61 Å². The highest BCUT2D eigenvalue weighted by atomic mass is 16.5. The minimum absolute atomic E-state index is 0.0692. The number of aromatic nitrogens is 1. The predicted octanol–water partition coefficient (Wildman–Crippen LogP) is 3.10. The Labute approximate surface area is 116 Å². The number of nitrogen functional groups attached to an aromatic ring is 1. The highest BCUT2D eigenvalue weighted by molar-refractivity contribution is 5.82. The van der Waals surface area contributed by atoms with Crippen LogP contribution in [0.2, 0.25) is 0 Å². The van der Waals surface area contributed by atoms with E-state index >= 15 is 0 Å². The van der Waals surface area contributed by atoms with E-state index in [0.29, 0.717) is 17.3 Å². The Morgan fingerprint density at radius 1 is 1.05 bits per heavy atom. The first-order valence-corrected chi connectivity index (χ1v) is 6.29. The van der Waals surface area contributed by atoms with E-state index < -0.39 is 0 Å². The van der Waals surface area contributed by atoms with Crippen LogP contribution < -0.4 is 10.5 Å². The molecule has 3 N–H and O–H groups in total. The molecule has 0 spiro atoms. The fraction of sp³-hybridized carbons (Fsp3) is 0.0625. The van der Waals surface area contributed by atoms with Crippen molar-refractivity contribution < 1.29 is 9.84 Å². The van der Waals surface area contributed by atoms with Gasteiger partial charge >= 0.3 is 0 Å². The summed E-state index contributed by atoms with van der Waals surface area (Å²) >= 11 is 0. The molecule has 2 aromatic carbocycles. The van der Waals surface area contributed by atoms with E-state index in [9.17, 15) is 5.11 Å². The molecule has 0 radical (unpaired) electrons. The second kappa shape index (κ2) is 5.19. The van der Waals surface area contributed by atoms with Crippen LogP contribution in [-0.2, 0) is 6.61 Å². The van der Waals surface area contributed by atoms with E-state index in [2.05, 4.69) is 4.98 Å². The highest BCUT2D eigenvalue weighted by Gasteiger charge is 2.05. The summed E-state index contributed by atoms with van der Waals surface area (Å²) < 4.78 is 5.74. The molecule has 100 valence electrons. The molecular weight excluding hydrogens is 252 g/mol. The quantitative estimate of drug-likeness (QED) is 0.715. The molecule has 0 fully saturated rings. The fourth-order valence-corrected chi connectivity index (χ4v) is 2.03. The number of pyridine rings is 1. The molecule has 0 aliphatic heterocycles. The maximum Gasteiger partial charge on any atom is 0.219 e. The third-order valence-electron chi connectivity index (χ3n) is 3.05. The van der Waals surface area contributed by atoms with Gasteiger partial charge in [-0.2, -0.15) is 0 Å². The summed E-state index contributed by atoms with van der Waals surface area (Å²) in [6, 6.07) is 16.6. The van der Waals surface area contributed by atoms with E-state index in [0.717, 1.165) is 16.5 Å². The molecule has 0 bridgehead atoms. The summed E-state index contributed by atoms with van der Waals surface area (Å²) in [4.78, 5) is 4.43. The number of para-hydroxylation sites is 1. The summed E-state index contributed by atoms with van der Waals surface area (Å²) in [5, 5.41) is 10.2. The maximum absolute atomic E-state index is 9.28. The van der Waals surface area contributed by atoms with Gasteiger partial charge in [-0.1, -0.05) is 18.2 Å². The first kappa shape index (κ1) is 12.4. The monoisotopic (exact) mass is 266 g/mol. The lowest BCUT2D eigenvalue weighted by molar-refractivity contribution is 0.276. The zero-order chi connectivity index (χ0) is 13.9. The smallest absolute Gasteiger partial charge is 0.219 e. The summed E-state index contributed by atoms with van der Waals surface area (Å²) in [7, 11) is 0. The molecule has 20 heavy (non-hydrogen) atoms. The first-order chi connectivity index (χ1) is 9.76. The molecule has 1 heterocycles. The average Bonchev–Trinajstić information content (AvgIpc) is 2.48. The van der Waals surface area contributed by atoms with Crippen LogP contribution in [0.1, 0.15) is 5.56 Å². The van der Waals surface area contributed by atoms with Crippen molar-refractivity contribution in [3.8, 4) is 11.6 Å². The minimum Gasteiger partial charge on any atom is -0.439 e. The van der Waals surface area contributed by atoms with Crippen LogP contribution in [-0.4, -0.2) is 10.1 Å². The number of nitrogens with two attached hydrogens (primary N) is 1. The lowest BCUT2D eigenvalue weighted by Gasteiger charge is -2.09. The van der Waals surface area contributed by atoms with Crippen molar-refractivity contribution >= 4 is 16.6 Å². The van der Waals surface area contributed by atoms with Gasteiger partial charge in [0.1, 0.15) is 5.75 Å². The summed E-state index contributed by atoms with van der Waals surface area (Å²) in [6.07, 6.45) is 0. The highest BCUT2D eigenvalue weighted by Crippen LogP contribution is 2.26. The number of aliphatic hydroxyl groups is 1. The molecule has 4 nitrogen and oxygen atoms in total. The normalized spacial score (nSPS) is 10.7. The molecule has 0 amide bonds. The number of aliphatic hydroxyl groups excluding tert-OH is 1. The second-order valence-electron chi connectivity index (χ2n) is 4.47. The third-order valence-corrected chi connectivity index (χ3v) is 3.05. The second-order valence-corrected chi connectivity index (χ2v) is 4.47. The van der Waals surface area contributed by atoms with Crippen LogP contribution in [0.5, 0.6) is 11.6 Å².